The summed E-state index contributed by atoms with van der Waals surface area (Å²) < 4.78 is 0. The summed E-state index contributed by atoms with van der Waals surface area (Å²) in [4.78, 5) is 0. The van der Waals surface area contributed by atoms with Crippen LogP contribution in [0.15, 0.2) is 36.4 Å². The molecule has 6 N–H and O–H groups in total. The van der Waals surface area contributed by atoms with Gasteiger partial charge in [-0.15, -0.1) is 6.58 Å². The molecule has 0 aliphatic heterocycles. The fourth-order valence-corrected chi connectivity index (χ4v) is 5.30. The van der Waals surface area contributed by atoms with Crippen molar-refractivity contribution in [3.8, 4) is 0 Å². The number of benzene rings is 2. The Morgan fingerprint density at radius 1 is 0.806 bits per heavy atom. The lowest BCUT2D eigenvalue weighted by Gasteiger charge is -2.46. The first kappa shape index (κ1) is 30.2. The molecule has 0 radical (unpaired) electrons. The van der Waals surface area contributed by atoms with Crippen molar-refractivity contribution in [2.75, 3.05) is 6.61 Å². The summed E-state index contributed by atoms with van der Waals surface area (Å²) in [6, 6.07) is 7.82. The van der Waals surface area contributed by atoms with Crippen LogP contribution in [0, 0.1) is 41.5 Å². The third kappa shape index (κ3) is 6.43. The molecule has 36 heavy (non-hydrogen) atoms. The molecule has 0 spiro atoms. The van der Waals surface area contributed by atoms with E-state index >= 15 is 0 Å². The predicted octanol–water partition coefficient (Wildman–Crippen LogP) is 2.83. The molecule has 0 aromatic heterocycles. The molecule has 0 saturated heterocycles. The van der Waals surface area contributed by atoms with Gasteiger partial charge in [-0.2, -0.15) is 0 Å². The van der Waals surface area contributed by atoms with Crippen molar-refractivity contribution in [2.24, 2.45) is 0 Å². The topological polar surface area (TPSA) is 121 Å². The standard InChI is InChI=1S/C30H44O6/c1-17(2)13-29(35,14-24-11-18(3)9-20(5)22(24)7)28(34)30(36,27(33)26(32)16-31)15-25-12-19(4)10-21(6)23(25)8/h9-12,26-28,31-36H,1,13-16H2,2-8H3/t26-,27+,28+,29?,30+/m0/s1. The summed E-state index contributed by atoms with van der Waals surface area (Å²) in [6.45, 7) is 16.4. The molecule has 200 valence electrons. The van der Waals surface area contributed by atoms with E-state index < -0.39 is 36.1 Å². The van der Waals surface area contributed by atoms with Gasteiger partial charge in [0.05, 0.1) is 6.61 Å². The monoisotopic (exact) mass is 500 g/mol. The van der Waals surface area contributed by atoms with E-state index in [2.05, 4.69) is 6.58 Å². The summed E-state index contributed by atoms with van der Waals surface area (Å²) in [5, 5.41) is 66.6. The molecule has 0 bridgehead atoms. The lowest BCUT2D eigenvalue weighted by atomic mass is 9.70. The fourth-order valence-electron chi connectivity index (χ4n) is 5.30. The predicted molar refractivity (Wildman–Crippen MR) is 143 cm³/mol. The van der Waals surface area contributed by atoms with E-state index in [0.717, 1.165) is 38.9 Å². The van der Waals surface area contributed by atoms with Crippen LogP contribution in [-0.4, -0.2) is 66.8 Å². The van der Waals surface area contributed by atoms with Crippen molar-refractivity contribution in [3.63, 3.8) is 0 Å². The molecule has 2 aromatic rings. The van der Waals surface area contributed by atoms with Gasteiger partial charge in [-0.3, -0.25) is 0 Å². The fraction of sp³-hybridized carbons (Fsp3) is 0.533. The minimum absolute atomic E-state index is 0.00847. The van der Waals surface area contributed by atoms with Crippen LogP contribution in [0.3, 0.4) is 0 Å². The van der Waals surface area contributed by atoms with Crippen molar-refractivity contribution < 1.29 is 30.6 Å². The smallest absolute Gasteiger partial charge is 0.126 e. The quantitative estimate of drug-likeness (QED) is 0.264. The van der Waals surface area contributed by atoms with E-state index in [1.807, 2.05) is 65.8 Å². The second-order valence-corrected chi connectivity index (χ2v) is 10.9. The minimum Gasteiger partial charge on any atom is -0.394 e. The molecular formula is C30H44O6. The van der Waals surface area contributed by atoms with Crippen molar-refractivity contribution in [1.82, 2.24) is 0 Å². The van der Waals surface area contributed by atoms with Crippen LogP contribution in [0.5, 0.6) is 0 Å². The second kappa shape index (κ2) is 11.5. The van der Waals surface area contributed by atoms with Crippen LogP contribution in [-0.2, 0) is 12.8 Å². The van der Waals surface area contributed by atoms with Gasteiger partial charge < -0.3 is 30.6 Å². The highest BCUT2D eigenvalue weighted by Crippen LogP contribution is 2.37. The Labute approximate surface area is 215 Å². The molecule has 0 aliphatic carbocycles. The number of aryl methyl sites for hydroxylation is 4. The third-order valence-electron chi connectivity index (χ3n) is 7.46. The maximum absolute atomic E-state index is 12.0. The first-order chi connectivity index (χ1) is 16.6. The van der Waals surface area contributed by atoms with Crippen LogP contribution in [0.1, 0.15) is 57.9 Å². The maximum atomic E-state index is 12.0. The van der Waals surface area contributed by atoms with E-state index in [9.17, 15) is 30.6 Å². The summed E-state index contributed by atoms with van der Waals surface area (Å²) in [5.41, 5.74) is 3.51. The van der Waals surface area contributed by atoms with Crippen LogP contribution >= 0.6 is 0 Å². The van der Waals surface area contributed by atoms with Gasteiger partial charge in [-0.1, -0.05) is 41.0 Å². The zero-order chi connectivity index (χ0) is 27.6. The molecular weight excluding hydrogens is 456 g/mol. The summed E-state index contributed by atoms with van der Waals surface area (Å²) >= 11 is 0. The Morgan fingerprint density at radius 3 is 1.67 bits per heavy atom. The molecule has 1 unspecified atom stereocenters. The van der Waals surface area contributed by atoms with E-state index in [0.29, 0.717) is 11.1 Å². The maximum Gasteiger partial charge on any atom is 0.126 e. The molecule has 0 aliphatic rings. The number of hydrogen-bond acceptors (Lipinski definition) is 6. The second-order valence-electron chi connectivity index (χ2n) is 10.9. The Kier molecular flexibility index (Phi) is 9.68. The Balaban J connectivity index is 2.69. The molecule has 0 heterocycles. The molecule has 0 fully saturated rings. The van der Waals surface area contributed by atoms with Crippen molar-refractivity contribution in [2.45, 2.75) is 97.2 Å². The molecule has 0 saturated carbocycles. The molecule has 0 amide bonds. The highest BCUT2D eigenvalue weighted by molar-refractivity contribution is 5.40. The average Bonchev–Trinajstić information content (AvgIpc) is 2.78. The molecule has 6 heteroatoms. The van der Waals surface area contributed by atoms with Crippen LogP contribution < -0.4 is 0 Å². The van der Waals surface area contributed by atoms with E-state index in [1.54, 1.807) is 6.92 Å². The highest BCUT2D eigenvalue weighted by atomic mass is 16.4. The highest BCUT2D eigenvalue weighted by Gasteiger charge is 2.54. The van der Waals surface area contributed by atoms with Gasteiger partial charge in [0.25, 0.3) is 0 Å². The van der Waals surface area contributed by atoms with E-state index in [-0.39, 0.29) is 19.3 Å². The first-order valence-electron chi connectivity index (χ1n) is 12.4. The lowest BCUT2D eigenvalue weighted by molar-refractivity contribution is -0.228. The largest absolute Gasteiger partial charge is 0.394 e. The Hall–Kier alpha value is -2.06. The summed E-state index contributed by atoms with van der Waals surface area (Å²) in [6.07, 6.45) is -5.85. The molecule has 2 rings (SSSR count). The minimum atomic E-state index is -2.38. The van der Waals surface area contributed by atoms with E-state index in [1.165, 1.54) is 0 Å². The zero-order valence-electron chi connectivity index (χ0n) is 22.8. The van der Waals surface area contributed by atoms with Gasteiger partial charge in [-0.25, -0.2) is 0 Å². The van der Waals surface area contributed by atoms with Gasteiger partial charge in [-0.05, 0) is 88.3 Å². The number of aliphatic hydroxyl groups is 6. The van der Waals surface area contributed by atoms with E-state index in [4.69, 9.17) is 0 Å². The number of hydrogen-bond donors (Lipinski definition) is 6. The van der Waals surface area contributed by atoms with Crippen molar-refractivity contribution >= 4 is 0 Å². The first-order valence-corrected chi connectivity index (χ1v) is 12.4. The van der Waals surface area contributed by atoms with Gasteiger partial charge in [0.2, 0.25) is 0 Å². The molecule has 6 nitrogen and oxygen atoms in total. The van der Waals surface area contributed by atoms with Gasteiger partial charge in [0, 0.05) is 12.8 Å². The zero-order valence-corrected chi connectivity index (χ0v) is 22.8. The lowest BCUT2D eigenvalue weighted by Crippen LogP contribution is -2.66. The summed E-state index contributed by atoms with van der Waals surface area (Å²) in [7, 11) is 0. The Bertz CT molecular complexity index is 1090. The number of aliphatic hydroxyl groups excluding tert-OH is 4. The molecule has 2 aromatic carbocycles. The normalized spacial score (nSPS) is 17.7. The van der Waals surface area contributed by atoms with Gasteiger partial charge in [0.15, 0.2) is 0 Å². The van der Waals surface area contributed by atoms with Gasteiger partial charge >= 0.3 is 0 Å². The van der Waals surface area contributed by atoms with Crippen molar-refractivity contribution in [1.29, 1.82) is 0 Å². The van der Waals surface area contributed by atoms with Crippen molar-refractivity contribution in [3.05, 3.63) is 80.9 Å². The third-order valence-corrected chi connectivity index (χ3v) is 7.46. The van der Waals surface area contributed by atoms with Crippen LogP contribution in [0.25, 0.3) is 0 Å². The number of rotatable bonds is 11. The van der Waals surface area contributed by atoms with Crippen LogP contribution in [0.2, 0.25) is 0 Å². The van der Waals surface area contributed by atoms with Gasteiger partial charge in [0.1, 0.15) is 29.5 Å². The van der Waals surface area contributed by atoms with Crippen LogP contribution in [0.4, 0.5) is 0 Å². The molecule has 5 atom stereocenters. The average molecular weight is 501 g/mol. The SMILES string of the molecule is C=C(C)CC(O)(Cc1cc(C)cc(C)c1C)[C@@H](O)[C@@](O)(Cc1cc(C)cc(C)c1C)[C@H](O)[C@@H](O)CO. The Morgan fingerprint density at radius 2 is 1.25 bits per heavy atom. The summed E-state index contributed by atoms with van der Waals surface area (Å²) in [5.74, 6) is 0.